The molecule has 1 N–H and O–H groups in total. The summed E-state index contributed by atoms with van der Waals surface area (Å²) in [6, 6.07) is 12.2. The Labute approximate surface area is 153 Å². The van der Waals surface area contributed by atoms with Gasteiger partial charge in [0.1, 0.15) is 5.75 Å². The summed E-state index contributed by atoms with van der Waals surface area (Å²) >= 11 is 11.9. The van der Waals surface area contributed by atoms with Crippen LogP contribution < -0.4 is 10.1 Å². The van der Waals surface area contributed by atoms with Crippen molar-refractivity contribution < 1.29 is 13.9 Å². The van der Waals surface area contributed by atoms with E-state index >= 15 is 0 Å². The minimum absolute atomic E-state index is 0.0430. The molecule has 0 bridgehead atoms. The van der Waals surface area contributed by atoms with Crippen LogP contribution in [-0.4, -0.2) is 22.7 Å². The Balaban J connectivity index is 1.60. The van der Waals surface area contributed by atoms with Crippen molar-refractivity contribution in [1.29, 1.82) is 0 Å². The third-order valence-electron chi connectivity index (χ3n) is 3.22. The summed E-state index contributed by atoms with van der Waals surface area (Å²) in [6.45, 7) is 1.79. The summed E-state index contributed by atoms with van der Waals surface area (Å²) in [5.41, 5.74) is 1.63. The van der Waals surface area contributed by atoms with E-state index in [0.717, 1.165) is 5.56 Å². The largest absolute Gasteiger partial charge is 0.484 e. The second-order valence-corrected chi connectivity index (χ2v) is 6.03. The van der Waals surface area contributed by atoms with Crippen LogP contribution in [0.3, 0.4) is 0 Å². The molecule has 1 aromatic heterocycles. The van der Waals surface area contributed by atoms with Gasteiger partial charge in [0.15, 0.2) is 6.61 Å². The third kappa shape index (κ3) is 4.49. The van der Waals surface area contributed by atoms with E-state index in [0.29, 0.717) is 21.4 Å². The normalized spacial score (nSPS) is 10.5. The third-order valence-corrected chi connectivity index (χ3v) is 3.77. The van der Waals surface area contributed by atoms with Gasteiger partial charge in [-0.3, -0.25) is 10.1 Å². The second kappa shape index (κ2) is 7.55. The van der Waals surface area contributed by atoms with Gasteiger partial charge < -0.3 is 9.15 Å². The molecule has 0 saturated heterocycles. The molecule has 1 amide bonds. The number of halogens is 2. The molecule has 128 valence electrons. The first kappa shape index (κ1) is 17.3. The van der Waals surface area contributed by atoms with Gasteiger partial charge >= 0.3 is 6.01 Å². The molecule has 1 heterocycles. The van der Waals surface area contributed by atoms with Crippen molar-refractivity contribution in [2.45, 2.75) is 6.92 Å². The highest BCUT2D eigenvalue weighted by Crippen LogP contribution is 2.30. The number of aromatic nitrogens is 2. The average molecular weight is 378 g/mol. The van der Waals surface area contributed by atoms with E-state index in [1.54, 1.807) is 30.3 Å². The van der Waals surface area contributed by atoms with E-state index in [-0.39, 0.29) is 18.5 Å². The van der Waals surface area contributed by atoms with Crippen molar-refractivity contribution in [3.63, 3.8) is 0 Å². The molecule has 25 heavy (non-hydrogen) atoms. The summed E-state index contributed by atoms with van der Waals surface area (Å²) in [7, 11) is 0. The molecule has 6 nitrogen and oxygen atoms in total. The molecule has 2 aromatic carbocycles. The zero-order chi connectivity index (χ0) is 17.8. The molecule has 0 spiro atoms. The van der Waals surface area contributed by atoms with E-state index in [2.05, 4.69) is 15.5 Å². The van der Waals surface area contributed by atoms with E-state index in [9.17, 15) is 4.79 Å². The van der Waals surface area contributed by atoms with Gasteiger partial charge in [0.05, 0.1) is 10.6 Å². The number of amides is 1. The number of nitrogens with one attached hydrogen (secondary N) is 1. The first-order chi connectivity index (χ1) is 12.0. The number of rotatable bonds is 5. The van der Waals surface area contributed by atoms with Crippen LogP contribution in [0.4, 0.5) is 6.01 Å². The van der Waals surface area contributed by atoms with Crippen LogP contribution in [0.1, 0.15) is 5.56 Å². The summed E-state index contributed by atoms with van der Waals surface area (Å²) < 4.78 is 10.8. The fraction of sp³-hybridized carbons (Fsp3) is 0.118. The summed E-state index contributed by atoms with van der Waals surface area (Å²) in [5, 5.41) is 11.0. The summed E-state index contributed by atoms with van der Waals surface area (Å²) in [6.07, 6.45) is 0. The van der Waals surface area contributed by atoms with Gasteiger partial charge in [-0.25, -0.2) is 0 Å². The molecule has 0 aliphatic carbocycles. The van der Waals surface area contributed by atoms with Crippen LogP contribution >= 0.6 is 23.2 Å². The van der Waals surface area contributed by atoms with E-state index in [1.165, 1.54) is 0 Å². The van der Waals surface area contributed by atoms with Crippen LogP contribution in [0.25, 0.3) is 11.5 Å². The first-order valence-corrected chi connectivity index (χ1v) is 8.05. The molecule has 0 unspecified atom stereocenters. The van der Waals surface area contributed by atoms with Crippen molar-refractivity contribution >= 4 is 35.1 Å². The van der Waals surface area contributed by atoms with Crippen molar-refractivity contribution in [2.75, 3.05) is 11.9 Å². The lowest BCUT2D eigenvalue weighted by molar-refractivity contribution is -0.118. The van der Waals surface area contributed by atoms with E-state index in [4.69, 9.17) is 32.4 Å². The maximum atomic E-state index is 11.9. The predicted octanol–water partition coefficient (Wildman–Crippen LogP) is 4.37. The molecule has 0 radical (unpaired) electrons. The average Bonchev–Trinajstić information content (AvgIpc) is 3.02. The zero-order valence-corrected chi connectivity index (χ0v) is 14.6. The molecule has 0 fully saturated rings. The van der Waals surface area contributed by atoms with Crippen LogP contribution in [0, 0.1) is 6.92 Å². The number of anilines is 1. The highest BCUT2D eigenvalue weighted by Gasteiger charge is 2.14. The zero-order valence-electron chi connectivity index (χ0n) is 13.1. The summed E-state index contributed by atoms with van der Waals surface area (Å²) in [4.78, 5) is 11.9. The van der Waals surface area contributed by atoms with Gasteiger partial charge in [-0.1, -0.05) is 46.0 Å². The van der Waals surface area contributed by atoms with E-state index < -0.39 is 5.91 Å². The molecule has 8 heteroatoms. The highest BCUT2D eigenvalue weighted by atomic mass is 35.5. The first-order valence-electron chi connectivity index (χ1n) is 7.29. The number of aryl methyl sites for hydroxylation is 1. The number of ether oxygens (including phenoxy) is 1. The topological polar surface area (TPSA) is 77.2 Å². The van der Waals surface area contributed by atoms with Gasteiger partial charge in [-0.05, 0) is 37.3 Å². The van der Waals surface area contributed by atoms with Crippen molar-refractivity contribution in [3.8, 4) is 17.2 Å². The quantitative estimate of drug-likeness (QED) is 0.714. The van der Waals surface area contributed by atoms with Gasteiger partial charge in [-0.15, -0.1) is 5.10 Å². The molecule has 0 saturated carbocycles. The number of benzene rings is 2. The molecule has 0 aliphatic rings. The predicted molar refractivity (Wildman–Crippen MR) is 95.1 cm³/mol. The maximum absolute atomic E-state index is 11.9. The minimum Gasteiger partial charge on any atom is -0.484 e. The second-order valence-electron chi connectivity index (χ2n) is 5.19. The monoisotopic (exact) mass is 377 g/mol. The molecular weight excluding hydrogens is 365 g/mol. The molecular formula is C17H13Cl2N3O3. The van der Waals surface area contributed by atoms with E-state index in [1.807, 2.05) is 19.1 Å². The molecule has 3 aromatic rings. The Hall–Kier alpha value is -2.57. The molecule has 3 rings (SSSR count). The number of carbonyl (C=O) groups is 1. The standard InChI is InChI=1S/C17H13Cl2N3O3/c1-10-2-5-12(6-3-10)24-9-15(23)20-17-22-21-16(25-17)13-7-4-11(18)8-14(13)19/h2-8H,9H2,1H3,(H,20,22,23). The Morgan fingerprint density at radius 3 is 2.64 bits per heavy atom. The van der Waals surface area contributed by atoms with Crippen LogP contribution in [-0.2, 0) is 4.79 Å². The van der Waals surface area contributed by atoms with Crippen LogP contribution in [0.5, 0.6) is 5.75 Å². The summed E-state index contributed by atoms with van der Waals surface area (Å²) in [5.74, 6) is 0.356. The van der Waals surface area contributed by atoms with Gasteiger partial charge in [0.25, 0.3) is 11.8 Å². The van der Waals surface area contributed by atoms with Crippen molar-refractivity contribution in [3.05, 3.63) is 58.1 Å². The highest BCUT2D eigenvalue weighted by molar-refractivity contribution is 6.36. The number of nitrogens with zero attached hydrogens (tertiary/aromatic N) is 2. The van der Waals surface area contributed by atoms with Gasteiger partial charge in [0.2, 0.25) is 0 Å². The number of hydrogen-bond acceptors (Lipinski definition) is 5. The minimum atomic E-state index is -0.419. The lowest BCUT2D eigenvalue weighted by atomic mass is 10.2. The Morgan fingerprint density at radius 1 is 1.16 bits per heavy atom. The van der Waals surface area contributed by atoms with Gasteiger partial charge in [0, 0.05) is 5.02 Å². The lowest BCUT2D eigenvalue weighted by Gasteiger charge is -2.05. The molecule has 0 atom stereocenters. The lowest BCUT2D eigenvalue weighted by Crippen LogP contribution is -2.20. The van der Waals surface area contributed by atoms with Gasteiger partial charge in [-0.2, -0.15) is 0 Å². The fourth-order valence-corrected chi connectivity index (χ4v) is 2.47. The Morgan fingerprint density at radius 2 is 1.92 bits per heavy atom. The molecule has 0 aliphatic heterocycles. The van der Waals surface area contributed by atoms with Crippen molar-refractivity contribution in [1.82, 2.24) is 10.2 Å². The Bertz CT molecular complexity index is 894. The number of carbonyl (C=O) groups excluding carboxylic acids is 1. The van der Waals surface area contributed by atoms with Crippen molar-refractivity contribution in [2.24, 2.45) is 0 Å². The Kier molecular flexibility index (Phi) is 5.21. The fourth-order valence-electron chi connectivity index (χ4n) is 1.98. The maximum Gasteiger partial charge on any atom is 0.322 e. The smallest absolute Gasteiger partial charge is 0.322 e. The van der Waals surface area contributed by atoms with Crippen LogP contribution in [0.15, 0.2) is 46.9 Å². The number of hydrogen-bond donors (Lipinski definition) is 1. The van der Waals surface area contributed by atoms with Crippen LogP contribution in [0.2, 0.25) is 10.0 Å². The SMILES string of the molecule is Cc1ccc(OCC(=O)Nc2nnc(-c3ccc(Cl)cc3Cl)o2)cc1.